The van der Waals surface area contributed by atoms with E-state index in [0.717, 1.165) is 17.8 Å². The number of carbonyl (C=O) groups is 2. The van der Waals surface area contributed by atoms with Crippen LogP contribution in [0.5, 0.6) is 11.5 Å². The molecule has 2 N–H and O–H groups in total. The van der Waals surface area contributed by atoms with Crippen molar-refractivity contribution in [2.45, 2.75) is 56.5 Å². The first-order chi connectivity index (χ1) is 13.5. The predicted molar refractivity (Wildman–Crippen MR) is 103 cm³/mol. The molecule has 0 aromatic heterocycles. The number of quaternary nitrogens is 1. The molecule has 1 aromatic rings. The summed E-state index contributed by atoms with van der Waals surface area (Å²) in [5, 5.41) is 2.29. The minimum absolute atomic E-state index is 0.107. The summed E-state index contributed by atoms with van der Waals surface area (Å²) in [6.45, 7) is 0. The lowest BCUT2D eigenvalue weighted by Crippen LogP contribution is -3.03. The number of anilines is 1. The largest absolute Gasteiger partial charge is 0.497 e. The standard InChI is InChI=1S/C22H28N2O4/c1-27-16-3-4-18(19(8-16)28-2)24-20(25)9-17(21(24)26)23-22-10-13-5-14(11-22)7-15(6-13)12-22/h3-4,8,13-15,17,23H,5-7,9-12H2,1-2H3/p+1/t13?,14?,15?,17-,22?/m0/s1. The van der Waals surface area contributed by atoms with Crippen molar-refractivity contribution in [3.8, 4) is 11.5 Å². The number of benzene rings is 1. The molecule has 1 saturated heterocycles. The summed E-state index contributed by atoms with van der Waals surface area (Å²) >= 11 is 0. The molecule has 4 aliphatic carbocycles. The van der Waals surface area contributed by atoms with Gasteiger partial charge in [0.05, 0.1) is 31.9 Å². The quantitative estimate of drug-likeness (QED) is 0.786. The average molecular weight is 385 g/mol. The molecule has 5 aliphatic rings. The van der Waals surface area contributed by atoms with Crippen LogP contribution < -0.4 is 19.7 Å². The van der Waals surface area contributed by atoms with Crippen molar-refractivity contribution < 1.29 is 24.4 Å². The van der Waals surface area contributed by atoms with Crippen molar-refractivity contribution in [3.63, 3.8) is 0 Å². The Labute approximate surface area is 165 Å². The van der Waals surface area contributed by atoms with Crippen LogP contribution in [0.25, 0.3) is 0 Å². The Morgan fingerprint density at radius 3 is 2.21 bits per heavy atom. The molecule has 2 amide bonds. The summed E-state index contributed by atoms with van der Waals surface area (Å²) < 4.78 is 10.7. The van der Waals surface area contributed by atoms with E-state index in [9.17, 15) is 9.59 Å². The highest BCUT2D eigenvalue weighted by Crippen LogP contribution is 2.54. The summed E-state index contributed by atoms with van der Waals surface area (Å²) in [5.74, 6) is 3.35. The van der Waals surface area contributed by atoms with Crippen LogP contribution in [-0.4, -0.2) is 37.6 Å². The van der Waals surface area contributed by atoms with E-state index in [0.29, 0.717) is 17.2 Å². The minimum Gasteiger partial charge on any atom is -0.497 e. The SMILES string of the molecule is COc1ccc(N2C(=O)C[C@H]([NH2+]C34CC5CC(CC(C5)C3)C4)C2=O)c(OC)c1. The summed E-state index contributed by atoms with van der Waals surface area (Å²) in [5.41, 5.74) is 0.690. The van der Waals surface area contributed by atoms with E-state index < -0.39 is 0 Å². The number of nitrogens with two attached hydrogens (primary N) is 1. The van der Waals surface area contributed by atoms with E-state index >= 15 is 0 Å². The maximum atomic E-state index is 13.3. The van der Waals surface area contributed by atoms with E-state index in [1.165, 1.54) is 43.4 Å². The third-order valence-corrected chi connectivity index (χ3v) is 7.45. The molecule has 1 aliphatic heterocycles. The van der Waals surface area contributed by atoms with Crippen LogP contribution in [0.3, 0.4) is 0 Å². The number of amides is 2. The lowest BCUT2D eigenvalue weighted by atomic mass is 9.53. The van der Waals surface area contributed by atoms with Gasteiger partial charge in [-0.25, -0.2) is 4.90 Å². The van der Waals surface area contributed by atoms with Crippen molar-refractivity contribution in [1.82, 2.24) is 0 Å². The Bertz CT molecular complexity index is 785. The molecule has 0 spiro atoms. The number of ether oxygens (including phenoxy) is 2. The molecular weight excluding hydrogens is 356 g/mol. The van der Waals surface area contributed by atoms with Gasteiger partial charge in [0.15, 0.2) is 6.04 Å². The van der Waals surface area contributed by atoms with Crippen molar-refractivity contribution >= 4 is 17.5 Å². The van der Waals surface area contributed by atoms with Crippen LogP contribution in [-0.2, 0) is 9.59 Å². The number of nitrogens with zero attached hydrogens (tertiary/aromatic N) is 1. The second-order valence-corrected chi connectivity index (χ2v) is 9.36. The monoisotopic (exact) mass is 385 g/mol. The maximum absolute atomic E-state index is 13.3. The molecule has 0 unspecified atom stereocenters. The lowest BCUT2D eigenvalue weighted by Gasteiger charge is -2.55. The van der Waals surface area contributed by atoms with Gasteiger partial charge in [-0.3, -0.25) is 9.59 Å². The first-order valence-corrected chi connectivity index (χ1v) is 10.4. The Morgan fingerprint density at radius 2 is 1.64 bits per heavy atom. The van der Waals surface area contributed by atoms with Crippen LogP contribution in [0.15, 0.2) is 18.2 Å². The molecule has 4 bridgehead atoms. The van der Waals surface area contributed by atoms with Gasteiger partial charge < -0.3 is 14.8 Å². The highest BCUT2D eigenvalue weighted by molar-refractivity contribution is 6.22. The Morgan fingerprint density at radius 1 is 1.00 bits per heavy atom. The molecule has 28 heavy (non-hydrogen) atoms. The molecule has 4 saturated carbocycles. The Balaban J connectivity index is 1.38. The summed E-state index contributed by atoms with van der Waals surface area (Å²) in [4.78, 5) is 27.4. The van der Waals surface area contributed by atoms with Crippen LogP contribution in [0.4, 0.5) is 5.69 Å². The van der Waals surface area contributed by atoms with Gasteiger partial charge in [-0.15, -0.1) is 0 Å². The van der Waals surface area contributed by atoms with Gasteiger partial charge in [-0.05, 0) is 49.1 Å². The fourth-order valence-electron chi connectivity index (χ4n) is 6.82. The van der Waals surface area contributed by atoms with Gasteiger partial charge in [0, 0.05) is 25.3 Å². The van der Waals surface area contributed by atoms with E-state index in [-0.39, 0.29) is 29.8 Å². The van der Waals surface area contributed by atoms with Gasteiger partial charge in [0.2, 0.25) is 5.91 Å². The second kappa shape index (κ2) is 6.48. The molecule has 1 heterocycles. The fraction of sp³-hybridized carbons (Fsp3) is 0.636. The highest BCUT2D eigenvalue weighted by Gasteiger charge is 2.56. The van der Waals surface area contributed by atoms with Gasteiger partial charge in [-0.1, -0.05) is 0 Å². The van der Waals surface area contributed by atoms with E-state index in [2.05, 4.69) is 5.32 Å². The zero-order valence-corrected chi connectivity index (χ0v) is 16.6. The molecule has 5 fully saturated rings. The molecule has 1 aromatic carbocycles. The maximum Gasteiger partial charge on any atom is 0.292 e. The minimum atomic E-state index is -0.310. The van der Waals surface area contributed by atoms with E-state index in [1.54, 1.807) is 32.4 Å². The average Bonchev–Trinajstić information content (AvgIpc) is 2.92. The van der Waals surface area contributed by atoms with Crippen LogP contribution in [0, 0.1) is 17.8 Å². The first-order valence-electron chi connectivity index (χ1n) is 10.4. The molecular formula is C22H29N2O4+. The highest BCUT2D eigenvalue weighted by atomic mass is 16.5. The predicted octanol–water partition coefficient (Wildman–Crippen LogP) is 1.87. The van der Waals surface area contributed by atoms with Crippen molar-refractivity contribution in [3.05, 3.63) is 18.2 Å². The van der Waals surface area contributed by atoms with Crippen LogP contribution in [0.2, 0.25) is 0 Å². The van der Waals surface area contributed by atoms with Crippen molar-refractivity contribution in [2.75, 3.05) is 19.1 Å². The van der Waals surface area contributed by atoms with Gasteiger partial charge in [0.25, 0.3) is 5.91 Å². The second-order valence-electron chi connectivity index (χ2n) is 9.36. The van der Waals surface area contributed by atoms with Crippen LogP contribution >= 0.6 is 0 Å². The molecule has 6 nitrogen and oxygen atoms in total. The third-order valence-electron chi connectivity index (χ3n) is 7.45. The number of hydrogen-bond acceptors (Lipinski definition) is 4. The zero-order valence-electron chi connectivity index (χ0n) is 16.6. The molecule has 6 rings (SSSR count). The van der Waals surface area contributed by atoms with E-state index in [4.69, 9.17) is 9.47 Å². The topological polar surface area (TPSA) is 72.5 Å². The Kier molecular flexibility index (Phi) is 4.16. The van der Waals surface area contributed by atoms with Crippen LogP contribution in [0.1, 0.15) is 44.9 Å². The van der Waals surface area contributed by atoms with Gasteiger partial charge in [-0.2, -0.15) is 0 Å². The number of rotatable bonds is 5. The molecule has 6 heteroatoms. The number of imide groups is 1. The molecule has 150 valence electrons. The Hall–Kier alpha value is -2.08. The molecule has 1 atom stereocenters. The summed E-state index contributed by atoms with van der Waals surface area (Å²) in [7, 11) is 3.12. The zero-order chi connectivity index (χ0) is 19.5. The number of carbonyl (C=O) groups excluding carboxylic acids is 2. The van der Waals surface area contributed by atoms with Gasteiger partial charge in [0.1, 0.15) is 11.5 Å². The number of hydrogen-bond donors (Lipinski definition) is 1. The summed E-state index contributed by atoms with van der Waals surface area (Å²) in [6, 6.07) is 4.90. The summed E-state index contributed by atoms with van der Waals surface area (Å²) in [6.07, 6.45) is 8.03. The lowest BCUT2D eigenvalue weighted by molar-refractivity contribution is -0.755. The van der Waals surface area contributed by atoms with Gasteiger partial charge >= 0.3 is 0 Å². The van der Waals surface area contributed by atoms with E-state index in [1.807, 2.05) is 0 Å². The molecule has 0 radical (unpaired) electrons. The smallest absolute Gasteiger partial charge is 0.292 e. The number of methoxy groups -OCH3 is 2. The first kappa shape index (κ1) is 18.0. The fourth-order valence-corrected chi connectivity index (χ4v) is 6.82. The van der Waals surface area contributed by atoms with Crippen molar-refractivity contribution in [2.24, 2.45) is 17.8 Å². The van der Waals surface area contributed by atoms with Crippen molar-refractivity contribution in [1.29, 1.82) is 0 Å². The third kappa shape index (κ3) is 2.81. The normalized spacial score (nSPS) is 36.3.